The Labute approximate surface area is 120 Å². The van der Waals surface area contributed by atoms with Crippen LogP contribution in [0.5, 0.6) is 0 Å². The number of nitrogens with one attached hydrogen (secondary N) is 1. The van der Waals surface area contributed by atoms with Crippen molar-refractivity contribution in [1.29, 1.82) is 0 Å². The third-order valence-electron chi connectivity index (χ3n) is 2.86. The van der Waals surface area contributed by atoms with Gasteiger partial charge in [0.1, 0.15) is 0 Å². The summed E-state index contributed by atoms with van der Waals surface area (Å²) in [5.41, 5.74) is 1.38. The zero-order chi connectivity index (χ0) is 13.8. The second kappa shape index (κ2) is 6.16. The van der Waals surface area contributed by atoms with Gasteiger partial charge in [0.15, 0.2) is 5.69 Å². The van der Waals surface area contributed by atoms with Crippen LogP contribution in [0, 0.1) is 0 Å². The van der Waals surface area contributed by atoms with Crippen molar-refractivity contribution in [1.82, 2.24) is 15.1 Å². The lowest BCUT2D eigenvalue weighted by Gasteiger charge is -2.14. The molecule has 2 rings (SSSR count). The molecular weight excluding hydrogens is 310 g/mol. The molecule has 0 fully saturated rings. The number of hydrogen-bond donors (Lipinski definition) is 1. The Hall–Kier alpha value is -1.40. The molecule has 0 saturated heterocycles. The van der Waals surface area contributed by atoms with Gasteiger partial charge in [0, 0.05) is 24.9 Å². The maximum Gasteiger partial charge on any atom is 0.272 e. The number of fused-ring (bicyclic) bond motifs is 1. The molecule has 6 heteroatoms. The highest BCUT2D eigenvalue weighted by atomic mass is 79.9. The van der Waals surface area contributed by atoms with Gasteiger partial charge >= 0.3 is 0 Å². The summed E-state index contributed by atoms with van der Waals surface area (Å²) < 4.78 is 6.77. The molecule has 1 atom stereocenters. The molecule has 1 aromatic heterocycles. The molecule has 19 heavy (non-hydrogen) atoms. The summed E-state index contributed by atoms with van der Waals surface area (Å²) in [5.74, 6) is -0.182. The summed E-state index contributed by atoms with van der Waals surface area (Å²) in [6.45, 7) is 0.460. The van der Waals surface area contributed by atoms with E-state index in [-0.39, 0.29) is 11.9 Å². The lowest BCUT2D eigenvalue weighted by atomic mass is 10.2. The van der Waals surface area contributed by atoms with E-state index in [9.17, 15) is 4.79 Å². The lowest BCUT2D eigenvalue weighted by molar-refractivity contribution is 0.0904. The van der Waals surface area contributed by atoms with Crippen molar-refractivity contribution < 1.29 is 9.53 Å². The normalized spacial score (nSPS) is 12.6. The van der Waals surface area contributed by atoms with Crippen molar-refractivity contribution in [3.63, 3.8) is 0 Å². The van der Waals surface area contributed by atoms with E-state index in [1.807, 2.05) is 31.3 Å². The number of alkyl halides is 1. The van der Waals surface area contributed by atoms with Gasteiger partial charge in [-0.3, -0.25) is 9.48 Å². The number of aryl methyl sites for hydroxylation is 1. The predicted octanol–water partition coefficient (Wildman–Crippen LogP) is 1.71. The third kappa shape index (κ3) is 2.96. The van der Waals surface area contributed by atoms with E-state index in [2.05, 4.69) is 26.3 Å². The smallest absolute Gasteiger partial charge is 0.272 e. The van der Waals surface area contributed by atoms with Crippen LogP contribution in [0.15, 0.2) is 24.3 Å². The van der Waals surface area contributed by atoms with Crippen molar-refractivity contribution in [3.05, 3.63) is 30.0 Å². The Morgan fingerprint density at radius 2 is 2.26 bits per heavy atom. The topological polar surface area (TPSA) is 56.1 Å². The van der Waals surface area contributed by atoms with E-state index in [0.717, 1.165) is 10.9 Å². The number of ether oxygens (including phenoxy) is 1. The highest BCUT2D eigenvalue weighted by Gasteiger charge is 2.18. The molecule has 0 aliphatic rings. The summed E-state index contributed by atoms with van der Waals surface area (Å²) in [5, 5.41) is 8.68. The Bertz CT molecular complexity index is 582. The predicted molar refractivity (Wildman–Crippen MR) is 77.6 cm³/mol. The van der Waals surface area contributed by atoms with Gasteiger partial charge in [-0.05, 0) is 6.07 Å². The lowest BCUT2D eigenvalue weighted by Crippen LogP contribution is -2.39. The number of aromatic nitrogens is 2. The van der Waals surface area contributed by atoms with Gasteiger partial charge in [-0.25, -0.2) is 0 Å². The number of nitrogens with zero attached hydrogens (tertiary/aromatic N) is 2. The first-order valence-electron chi connectivity index (χ1n) is 5.95. The number of benzene rings is 1. The number of rotatable bonds is 5. The van der Waals surface area contributed by atoms with Crippen LogP contribution in [-0.2, 0) is 11.8 Å². The first kappa shape index (κ1) is 14.0. The Kier molecular flexibility index (Phi) is 4.55. The molecule has 0 bridgehead atoms. The maximum absolute atomic E-state index is 12.3. The average Bonchev–Trinajstić information content (AvgIpc) is 2.76. The van der Waals surface area contributed by atoms with Gasteiger partial charge in [0.2, 0.25) is 0 Å². The molecule has 0 aliphatic heterocycles. The van der Waals surface area contributed by atoms with Gasteiger partial charge in [0.25, 0.3) is 5.91 Å². The van der Waals surface area contributed by atoms with Crippen LogP contribution in [0.4, 0.5) is 0 Å². The minimum absolute atomic E-state index is 0.0710. The number of carbonyl (C=O) groups excluding carboxylic acids is 1. The molecule has 5 nitrogen and oxygen atoms in total. The molecule has 102 valence electrons. The molecule has 1 N–H and O–H groups in total. The summed E-state index contributed by atoms with van der Waals surface area (Å²) in [6, 6.07) is 7.60. The van der Waals surface area contributed by atoms with Crippen molar-refractivity contribution in [2.24, 2.45) is 7.05 Å². The van der Waals surface area contributed by atoms with Crippen molar-refractivity contribution >= 4 is 32.7 Å². The zero-order valence-corrected chi connectivity index (χ0v) is 12.5. The fourth-order valence-electron chi connectivity index (χ4n) is 1.96. The van der Waals surface area contributed by atoms with E-state index in [0.29, 0.717) is 17.6 Å². The molecule has 0 radical (unpaired) electrons. The molecule has 2 aromatic rings. The summed E-state index contributed by atoms with van der Waals surface area (Å²) in [6.07, 6.45) is 0. The molecule has 0 saturated carbocycles. The van der Waals surface area contributed by atoms with Crippen LogP contribution >= 0.6 is 15.9 Å². The maximum atomic E-state index is 12.3. The van der Waals surface area contributed by atoms with Crippen molar-refractivity contribution in [3.8, 4) is 0 Å². The summed E-state index contributed by atoms with van der Waals surface area (Å²) >= 11 is 3.35. The SMILES string of the molecule is COCC(CBr)NC(=O)c1nn(C)c2ccccc12. The van der Waals surface area contributed by atoms with Crippen LogP contribution in [0.3, 0.4) is 0 Å². The standard InChI is InChI=1S/C13H16BrN3O2/c1-17-11-6-4-3-5-10(11)12(16-17)13(18)15-9(7-14)8-19-2/h3-6,9H,7-8H2,1-2H3,(H,15,18). The van der Waals surface area contributed by atoms with Crippen LogP contribution in [0.1, 0.15) is 10.5 Å². The monoisotopic (exact) mass is 325 g/mol. The van der Waals surface area contributed by atoms with E-state index in [1.165, 1.54) is 0 Å². The van der Waals surface area contributed by atoms with E-state index in [1.54, 1.807) is 11.8 Å². The van der Waals surface area contributed by atoms with Crippen LogP contribution in [0.25, 0.3) is 10.9 Å². The molecule has 1 unspecified atom stereocenters. The second-order valence-corrected chi connectivity index (χ2v) is 4.92. The van der Waals surface area contributed by atoms with Gasteiger partial charge in [-0.15, -0.1) is 0 Å². The van der Waals surface area contributed by atoms with Gasteiger partial charge in [-0.1, -0.05) is 34.1 Å². The minimum atomic E-state index is -0.182. The van der Waals surface area contributed by atoms with Crippen LogP contribution < -0.4 is 5.32 Å². The number of carbonyl (C=O) groups is 1. The Morgan fingerprint density at radius 3 is 2.95 bits per heavy atom. The number of para-hydroxylation sites is 1. The number of methoxy groups -OCH3 is 1. The minimum Gasteiger partial charge on any atom is -0.383 e. The van der Waals surface area contributed by atoms with Crippen LogP contribution in [0.2, 0.25) is 0 Å². The molecular formula is C13H16BrN3O2. The van der Waals surface area contributed by atoms with Crippen molar-refractivity contribution in [2.75, 3.05) is 19.0 Å². The van der Waals surface area contributed by atoms with E-state index >= 15 is 0 Å². The van der Waals surface area contributed by atoms with E-state index in [4.69, 9.17) is 4.74 Å². The molecule has 0 aliphatic carbocycles. The fourth-order valence-corrected chi connectivity index (χ4v) is 2.31. The highest BCUT2D eigenvalue weighted by molar-refractivity contribution is 9.09. The van der Waals surface area contributed by atoms with Crippen molar-refractivity contribution in [2.45, 2.75) is 6.04 Å². The largest absolute Gasteiger partial charge is 0.383 e. The number of amides is 1. The fraction of sp³-hybridized carbons (Fsp3) is 0.385. The number of halogens is 1. The van der Waals surface area contributed by atoms with Gasteiger partial charge in [-0.2, -0.15) is 5.10 Å². The Balaban J connectivity index is 2.26. The Morgan fingerprint density at radius 1 is 1.53 bits per heavy atom. The second-order valence-electron chi connectivity index (χ2n) is 4.27. The molecule has 1 heterocycles. The highest BCUT2D eigenvalue weighted by Crippen LogP contribution is 2.17. The summed E-state index contributed by atoms with van der Waals surface area (Å²) in [4.78, 5) is 12.3. The van der Waals surface area contributed by atoms with Gasteiger partial charge in [0.05, 0.1) is 18.2 Å². The number of hydrogen-bond acceptors (Lipinski definition) is 3. The average molecular weight is 326 g/mol. The molecule has 1 aromatic carbocycles. The van der Waals surface area contributed by atoms with E-state index < -0.39 is 0 Å². The first-order valence-corrected chi connectivity index (χ1v) is 7.07. The first-order chi connectivity index (χ1) is 9.17. The molecule has 1 amide bonds. The molecule has 0 spiro atoms. The van der Waals surface area contributed by atoms with Gasteiger partial charge < -0.3 is 10.1 Å². The quantitative estimate of drug-likeness (QED) is 0.851. The third-order valence-corrected chi connectivity index (χ3v) is 3.64. The zero-order valence-electron chi connectivity index (χ0n) is 10.9. The summed E-state index contributed by atoms with van der Waals surface area (Å²) in [7, 11) is 3.44. The van der Waals surface area contributed by atoms with Crippen LogP contribution in [-0.4, -0.2) is 40.8 Å².